The van der Waals surface area contributed by atoms with Gasteiger partial charge in [-0.2, -0.15) is 0 Å². The molecule has 0 saturated heterocycles. The highest BCUT2D eigenvalue weighted by Gasteiger charge is 2.21. The first kappa shape index (κ1) is 14.7. The summed E-state index contributed by atoms with van der Waals surface area (Å²) in [5.41, 5.74) is 2.11. The molecule has 106 valence electrons. The van der Waals surface area contributed by atoms with Gasteiger partial charge in [-0.1, -0.05) is 0 Å². The number of aryl methyl sites for hydroxylation is 1. The third-order valence-corrected chi connectivity index (χ3v) is 5.24. The Bertz CT molecular complexity index is 786. The van der Waals surface area contributed by atoms with Gasteiger partial charge in [0.05, 0.1) is 10.5 Å². The summed E-state index contributed by atoms with van der Waals surface area (Å²) in [4.78, 5) is 12.2. The molecule has 0 amide bonds. The van der Waals surface area contributed by atoms with Crippen molar-refractivity contribution in [2.45, 2.75) is 18.7 Å². The van der Waals surface area contributed by atoms with Gasteiger partial charge in [-0.05, 0) is 48.6 Å². The summed E-state index contributed by atoms with van der Waals surface area (Å²) in [6, 6.07) is 4.58. The Hall–Kier alpha value is -1.66. The van der Waals surface area contributed by atoms with E-state index in [9.17, 15) is 18.3 Å². The van der Waals surface area contributed by atoms with Crippen LogP contribution in [-0.4, -0.2) is 25.7 Å². The van der Waals surface area contributed by atoms with Gasteiger partial charge < -0.3 is 5.11 Å². The summed E-state index contributed by atoms with van der Waals surface area (Å²) in [6.07, 6.45) is 1.13. The highest BCUT2D eigenvalue weighted by molar-refractivity contribution is 7.90. The maximum atomic E-state index is 11.9. The molecule has 4 nitrogen and oxygen atoms in total. The van der Waals surface area contributed by atoms with Gasteiger partial charge in [0.2, 0.25) is 0 Å². The SMILES string of the molecule is Cc1csc(-c2c(S(C)(=O)=O)ccc(C(=O)O)c2C)c1. The van der Waals surface area contributed by atoms with E-state index in [2.05, 4.69) is 0 Å². The quantitative estimate of drug-likeness (QED) is 0.945. The minimum atomic E-state index is -3.42. The number of carboxylic acid groups (broad SMARTS) is 1. The zero-order valence-electron chi connectivity index (χ0n) is 11.3. The molecule has 0 radical (unpaired) electrons. The topological polar surface area (TPSA) is 71.4 Å². The standard InChI is InChI=1S/C14H14O4S2/c1-8-6-11(19-7-8)13-9(2)10(14(15)16)4-5-12(13)20(3,17)18/h4-7H,1-3H3,(H,15,16). The van der Waals surface area contributed by atoms with Crippen LogP contribution in [-0.2, 0) is 9.84 Å². The van der Waals surface area contributed by atoms with Crippen LogP contribution in [0.2, 0.25) is 0 Å². The van der Waals surface area contributed by atoms with Crippen molar-refractivity contribution < 1.29 is 18.3 Å². The highest BCUT2D eigenvalue weighted by atomic mass is 32.2. The predicted molar refractivity (Wildman–Crippen MR) is 79.3 cm³/mol. The van der Waals surface area contributed by atoms with Crippen LogP contribution in [0.4, 0.5) is 0 Å². The zero-order chi connectivity index (χ0) is 15.1. The van der Waals surface area contributed by atoms with Gasteiger partial charge in [0, 0.05) is 16.7 Å². The average Bonchev–Trinajstić information content (AvgIpc) is 2.73. The molecule has 2 rings (SSSR count). The monoisotopic (exact) mass is 310 g/mol. The first-order chi connectivity index (χ1) is 9.21. The van der Waals surface area contributed by atoms with Crippen molar-refractivity contribution in [3.63, 3.8) is 0 Å². The van der Waals surface area contributed by atoms with E-state index in [1.165, 1.54) is 23.5 Å². The lowest BCUT2D eigenvalue weighted by atomic mass is 10.0. The summed E-state index contributed by atoms with van der Waals surface area (Å²) in [5, 5.41) is 11.1. The minimum absolute atomic E-state index is 0.124. The van der Waals surface area contributed by atoms with Crippen molar-refractivity contribution in [1.82, 2.24) is 0 Å². The van der Waals surface area contributed by atoms with Gasteiger partial charge in [0.1, 0.15) is 0 Å². The smallest absolute Gasteiger partial charge is 0.335 e. The van der Waals surface area contributed by atoms with Crippen LogP contribution in [0.5, 0.6) is 0 Å². The molecule has 0 unspecified atom stereocenters. The summed E-state index contributed by atoms with van der Waals surface area (Å²) in [6.45, 7) is 3.55. The van der Waals surface area contributed by atoms with Crippen LogP contribution in [0, 0.1) is 13.8 Å². The molecule has 0 saturated carbocycles. The maximum absolute atomic E-state index is 11.9. The number of benzene rings is 1. The van der Waals surface area contributed by atoms with Crippen LogP contribution in [0.3, 0.4) is 0 Å². The van der Waals surface area contributed by atoms with Crippen molar-refractivity contribution >= 4 is 27.1 Å². The molecule has 0 aliphatic rings. The summed E-state index contributed by atoms with van der Waals surface area (Å²) < 4.78 is 23.8. The van der Waals surface area contributed by atoms with Crippen LogP contribution in [0.15, 0.2) is 28.5 Å². The van der Waals surface area contributed by atoms with E-state index in [0.29, 0.717) is 11.1 Å². The van der Waals surface area contributed by atoms with Gasteiger partial charge in [-0.25, -0.2) is 13.2 Å². The van der Waals surface area contributed by atoms with Gasteiger partial charge in [0.15, 0.2) is 9.84 Å². The van der Waals surface area contributed by atoms with Gasteiger partial charge in [0.25, 0.3) is 0 Å². The number of thiophene rings is 1. The number of hydrogen-bond acceptors (Lipinski definition) is 4. The Labute approximate surface area is 121 Å². The van der Waals surface area contributed by atoms with E-state index >= 15 is 0 Å². The van der Waals surface area contributed by atoms with E-state index in [-0.39, 0.29) is 10.5 Å². The first-order valence-corrected chi connectivity index (χ1v) is 8.61. The van der Waals surface area contributed by atoms with E-state index in [0.717, 1.165) is 16.7 Å². The van der Waals surface area contributed by atoms with Crippen molar-refractivity contribution in [1.29, 1.82) is 0 Å². The molecule has 1 aromatic carbocycles. The van der Waals surface area contributed by atoms with Crippen molar-refractivity contribution in [2.75, 3.05) is 6.26 Å². The van der Waals surface area contributed by atoms with E-state index in [4.69, 9.17) is 0 Å². The Kier molecular flexibility index (Phi) is 3.71. The Morgan fingerprint density at radius 3 is 2.35 bits per heavy atom. The normalized spacial score (nSPS) is 11.6. The van der Waals surface area contributed by atoms with Gasteiger partial charge in [-0.15, -0.1) is 11.3 Å². The fraction of sp³-hybridized carbons (Fsp3) is 0.214. The van der Waals surface area contributed by atoms with Gasteiger partial charge >= 0.3 is 5.97 Å². The molecule has 1 aromatic heterocycles. The average molecular weight is 310 g/mol. The van der Waals surface area contributed by atoms with Gasteiger partial charge in [-0.3, -0.25) is 0 Å². The molecule has 1 heterocycles. The lowest BCUT2D eigenvalue weighted by molar-refractivity contribution is 0.0696. The number of hydrogen-bond donors (Lipinski definition) is 1. The van der Waals surface area contributed by atoms with Crippen LogP contribution in [0.1, 0.15) is 21.5 Å². The van der Waals surface area contributed by atoms with Crippen LogP contribution < -0.4 is 0 Å². The summed E-state index contributed by atoms with van der Waals surface area (Å²) in [5.74, 6) is -1.06. The zero-order valence-corrected chi connectivity index (χ0v) is 12.9. The number of sulfone groups is 1. The molecule has 0 fully saturated rings. The number of carboxylic acids is 1. The number of aromatic carboxylic acids is 1. The fourth-order valence-electron chi connectivity index (χ4n) is 2.10. The largest absolute Gasteiger partial charge is 0.478 e. The molecule has 20 heavy (non-hydrogen) atoms. The second kappa shape index (κ2) is 5.03. The van der Waals surface area contributed by atoms with E-state index < -0.39 is 15.8 Å². The molecular formula is C14H14O4S2. The van der Waals surface area contributed by atoms with Crippen LogP contribution in [0.25, 0.3) is 10.4 Å². The molecule has 0 bridgehead atoms. The lowest BCUT2D eigenvalue weighted by Crippen LogP contribution is -2.06. The second-order valence-corrected chi connectivity index (χ2v) is 7.57. The lowest BCUT2D eigenvalue weighted by Gasteiger charge is -2.12. The maximum Gasteiger partial charge on any atom is 0.335 e. The second-order valence-electron chi connectivity index (χ2n) is 4.68. The Balaban J connectivity index is 2.86. The first-order valence-electron chi connectivity index (χ1n) is 5.84. The minimum Gasteiger partial charge on any atom is -0.478 e. The Morgan fingerprint density at radius 1 is 1.25 bits per heavy atom. The van der Waals surface area contributed by atoms with Crippen molar-refractivity contribution in [3.8, 4) is 10.4 Å². The third kappa shape index (κ3) is 2.62. The third-order valence-electron chi connectivity index (χ3n) is 3.03. The fourth-order valence-corrected chi connectivity index (χ4v) is 4.13. The van der Waals surface area contributed by atoms with Crippen molar-refractivity contribution in [2.24, 2.45) is 0 Å². The van der Waals surface area contributed by atoms with E-state index in [1.54, 1.807) is 6.92 Å². The molecule has 0 aliphatic carbocycles. The highest BCUT2D eigenvalue weighted by Crippen LogP contribution is 2.36. The van der Waals surface area contributed by atoms with E-state index in [1.807, 2.05) is 18.4 Å². The predicted octanol–water partition coefficient (Wildman–Crippen LogP) is 3.13. The molecule has 6 heteroatoms. The summed E-state index contributed by atoms with van der Waals surface area (Å²) >= 11 is 1.41. The molecule has 2 aromatic rings. The van der Waals surface area contributed by atoms with Crippen molar-refractivity contribution in [3.05, 3.63) is 40.3 Å². The molecular weight excluding hydrogens is 296 g/mol. The Morgan fingerprint density at radius 2 is 1.90 bits per heavy atom. The molecule has 0 aliphatic heterocycles. The summed E-state index contributed by atoms with van der Waals surface area (Å²) in [7, 11) is -3.42. The number of rotatable bonds is 3. The molecule has 0 spiro atoms. The molecule has 1 N–H and O–H groups in total. The molecule has 0 atom stereocenters. The van der Waals surface area contributed by atoms with Crippen LogP contribution >= 0.6 is 11.3 Å². The number of carbonyl (C=O) groups is 1.